The van der Waals surface area contributed by atoms with Crippen molar-refractivity contribution in [3.63, 3.8) is 0 Å². The zero-order valence-electron chi connectivity index (χ0n) is 15.3. The Morgan fingerprint density at radius 1 is 0.964 bits per heavy atom. The summed E-state index contributed by atoms with van der Waals surface area (Å²) in [7, 11) is 0. The number of nitrogens with zero attached hydrogens (tertiary/aromatic N) is 2. The zero-order chi connectivity index (χ0) is 19.8. The van der Waals surface area contributed by atoms with Crippen LogP contribution in [0.3, 0.4) is 0 Å². The number of amides is 1. The van der Waals surface area contributed by atoms with Gasteiger partial charge in [-0.1, -0.05) is 65.2 Å². The third-order valence-corrected chi connectivity index (χ3v) is 5.33. The summed E-state index contributed by atoms with van der Waals surface area (Å²) in [5.74, 6) is -0.308. The summed E-state index contributed by atoms with van der Waals surface area (Å²) in [6.45, 7) is 3.99. The molecule has 0 radical (unpaired) electrons. The maximum absolute atomic E-state index is 13.3. The Morgan fingerprint density at radius 2 is 1.68 bits per heavy atom. The summed E-state index contributed by atoms with van der Waals surface area (Å²) in [5, 5.41) is 3.56. The fraction of sp³-hybridized carbons (Fsp3) is 0.0909. The van der Waals surface area contributed by atoms with Crippen molar-refractivity contribution in [3.05, 3.63) is 87.7 Å². The Labute approximate surface area is 172 Å². The molecule has 0 aliphatic carbocycles. The van der Waals surface area contributed by atoms with Crippen LogP contribution in [0.15, 0.2) is 60.8 Å². The Bertz CT molecular complexity index is 1200. The van der Waals surface area contributed by atoms with Crippen molar-refractivity contribution in [1.82, 2.24) is 9.38 Å². The number of halogens is 2. The van der Waals surface area contributed by atoms with Gasteiger partial charge in [0.15, 0.2) is 0 Å². The van der Waals surface area contributed by atoms with Crippen LogP contribution in [0.25, 0.3) is 16.9 Å². The number of anilines is 1. The molecular weight excluding hydrogens is 393 g/mol. The molecule has 0 saturated carbocycles. The molecule has 0 spiro atoms. The lowest BCUT2D eigenvalue weighted by Gasteiger charge is -2.10. The number of aryl methyl sites for hydroxylation is 2. The van der Waals surface area contributed by atoms with Gasteiger partial charge in [0, 0.05) is 11.8 Å². The zero-order valence-corrected chi connectivity index (χ0v) is 16.8. The second-order valence-electron chi connectivity index (χ2n) is 6.67. The number of carbonyl (C=O) groups is 1. The minimum Gasteiger partial charge on any atom is -0.319 e. The Morgan fingerprint density at radius 3 is 2.43 bits per heavy atom. The topological polar surface area (TPSA) is 46.4 Å². The van der Waals surface area contributed by atoms with Gasteiger partial charge in [-0.15, -0.1) is 0 Å². The predicted molar refractivity (Wildman–Crippen MR) is 115 cm³/mol. The summed E-state index contributed by atoms with van der Waals surface area (Å²) in [6.07, 6.45) is 1.90. The highest BCUT2D eigenvalue weighted by molar-refractivity contribution is 6.44. The molecule has 0 saturated heterocycles. The number of hydrogen-bond acceptors (Lipinski definition) is 2. The smallest absolute Gasteiger partial charge is 0.275 e. The van der Waals surface area contributed by atoms with Gasteiger partial charge in [0.2, 0.25) is 0 Å². The fourth-order valence-corrected chi connectivity index (χ4v) is 3.41. The third-order valence-electron chi connectivity index (χ3n) is 4.51. The van der Waals surface area contributed by atoms with Gasteiger partial charge in [-0.05, 0) is 37.6 Å². The van der Waals surface area contributed by atoms with E-state index in [1.807, 2.05) is 56.4 Å². The average molecular weight is 410 g/mol. The molecule has 2 aromatic carbocycles. The first-order valence-corrected chi connectivity index (χ1v) is 9.51. The first-order valence-electron chi connectivity index (χ1n) is 8.75. The quantitative estimate of drug-likeness (QED) is 0.439. The molecule has 0 bridgehead atoms. The van der Waals surface area contributed by atoms with Crippen molar-refractivity contribution in [2.24, 2.45) is 0 Å². The van der Waals surface area contributed by atoms with Crippen molar-refractivity contribution in [2.75, 3.05) is 5.32 Å². The number of carbonyl (C=O) groups excluding carboxylic acids is 1. The Balaban J connectivity index is 1.87. The van der Waals surface area contributed by atoms with E-state index < -0.39 is 0 Å². The van der Waals surface area contributed by atoms with Crippen molar-refractivity contribution in [2.45, 2.75) is 13.8 Å². The Hall–Kier alpha value is -2.82. The van der Waals surface area contributed by atoms with Gasteiger partial charge in [-0.2, -0.15) is 0 Å². The van der Waals surface area contributed by atoms with Crippen molar-refractivity contribution >= 4 is 40.4 Å². The van der Waals surface area contributed by atoms with E-state index in [-0.39, 0.29) is 5.91 Å². The highest BCUT2D eigenvalue weighted by atomic mass is 35.5. The van der Waals surface area contributed by atoms with Crippen LogP contribution in [0.5, 0.6) is 0 Å². The van der Waals surface area contributed by atoms with Gasteiger partial charge in [0.1, 0.15) is 17.0 Å². The first kappa shape index (κ1) is 18.5. The lowest BCUT2D eigenvalue weighted by Crippen LogP contribution is -2.16. The van der Waals surface area contributed by atoms with E-state index in [0.29, 0.717) is 32.8 Å². The van der Waals surface area contributed by atoms with E-state index in [1.165, 1.54) is 0 Å². The number of hydrogen-bond donors (Lipinski definition) is 1. The third kappa shape index (κ3) is 3.37. The van der Waals surface area contributed by atoms with Crippen molar-refractivity contribution in [1.29, 1.82) is 0 Å². The minimum absolute atomic E-state index is 0.305. The molecular formula is C22H17Cl2N3O. The fourth-order valence-electron chi connectivity index (χ4n) is 3.06. The molecule has 2 aromatic heterocycles. The van der Waals surface area contributed by atoms with E-state index in [1.54, 1.807) is 22.6 Å². The number of pyridine rings is 1. The Kier molecular flexibility index (Phi) is 4.84. The number of imidazole rings is 1. The van der Waals surface area contributed by atoms with E-state index in [2.05, 4.69) is 5.32 Å². The lowest BCUT2D eigenvalue weighted by atomic mass is 10.1. The molecule has 1 N–H and O–H groups in total. The lowest BCUT2D eigenvalue weighted by molar-refractivity contribution is 0.102. The maximum Gasteiger partial charge on any atom is 0.275 e. The molecule has 28 heavy (non-hydrogen) atoms. The van der Waals surface area contributed by atoms with E-state index in [4.69, 9.17) is 28.2 Å². The van der Waals surface area contributed by atoms with Gasteiger partial charge in [0.05, 0.1) is 15.7 Å². The van der Waals surface area contributed by atoms with Gasteiger partial charge >= 0.3 is 0 Å². The molecule has 0 fully saturated rings. The molecule has 4 aromatic rings. The van der Waals surface area contributed by atoms with E-state index in [9.17, 15) is 4.79 Å². The van der Waals surface area contributed by atoms with Crippen LogP contribution in [0.4, 0.5) is 5.69 Å². The van der Waals surface area contributed by atoms with Crippen LogP contribution in [0, 0.1) is 13.8 Å². The average Bonchev–Trinajstić information content (AvgIpc) is 3.04. The van der Waals surface area contributed by atoms with Crippen LogP contribution in [0.1, 0.15) is 21.6 Å². The van der Waals surface area contributed by atoms with Crippen LogP contribution < -0.4 is 5.32 Å². The van der Waals surface area contributed by atoms with E-state index in [0.717, 1.165) is 16.7 Å². The molecule has 140 valence electrons. The molecule has 6 heteroatoms. The second kappa shape index (κ2) is 7.30. The largest absolute Gasteiger partial charge is 0.319 e. The van der Waals surface area contributed by atoms with Gasteiger partial charge < -0.3 is 5.32 Å². The molecule has 0 aliphatic heterocycles. The van der Waals surface area contributed by atoms with Gasteiger partial charge in [0.25, 0.3) is 5.91 Å². The normalized spacial score (nSPS) is 11.0. The predicted octanol–water partition coefficient (Wildman–Crippen LogP) is 6.18. The molecule has 1 amide bonds. The molecule has 4 rings (SSSR count). The van der Waals surface area contributed by atoms with E-state index >= 15 is 0 Å². The summed E-state index contributed by atoms with van der Waals surface area (Å²) >= 11 is 12.3. The molecule has 0 unspecified atom stereocenters. The van der Waals surface area contributed by atoms with Gasteiger partial charge in [-0.25, -0.2) is 4.98 Å². The monoisotopic (exact) mass is 409 g/mol. The summed E-state index contributed by atoms with van der Waals surface area (Å²) in [5.41, 5.74) is 5.24. The van der Waals surface area contributed by atoms with Gasteiger partial charge in [-0.3, -0.25) is 9.20 Å². The minimum atomic E-state index is -0.308. The summed E-state index contributed by atoms with van der Waals surface area (Å²) in [6, 6.07) is 16.9. The molecule has 0 atom stereocenters. The molecule has 2 heterocycles. The number of fused-ring (bicyclic) bond motifs is 1. The number of rotatable bonds is 3. The second-order valence-corrected chi connectivity index (χ2v) is 7.45. The standard InChI is InChI=1S/C22H17Cl2N3O/c1-13-6-9-15(10-7-13)20-21(27-12-14(2)8-11-18(27)26-20)22(28)25-17-5-3-4-16(23)19(17)24/h3-12H,1-2H3,(H,25,28). The highest BCUT2D eigenvalue weighted by Gasteiger charge is 2.22. The van der Waals surface area contributed by atoms with Crippen LogP contribution in [-0.4, -0.2) is 15.3 Å². The first-order chi connectivity index (χ1) is 13.4. The summed E-state index contributed by atoms with van der Waals surface area (Å²) < 4.78 is 1.80. The maximum atomic E-state index is 13.3. The highest BCUT2D eigenvalue weighted by Crippen LogP contribution is 2.31. The SMILES string of the molecule is Cc1ccc(-c2nc3ccc(C)cn3c2C(=O)Nc2cccc(Cl)c2Cl)cc1. The van der Waals surface area contributed by atoms with Crippen LogP contribution in [0.2, 0.25) is 10.0 Å². The van der Waals surface area contributed by atoms with Crippen molar-refractivity contribution in [3.8, 4) is 11.3 Å². The van der Waals surface area contributed by atoms with Crippen LogP contribution in [-0.2, 0) is 0 Å². The number of aromatic nitrogens is 2. The molecule has 0 aliphatic rings. The number of nitrogens with one attached hydrogen (secondary N) is 1. The van der Waals surface area contributed by atoms with Crippen LogP contribution >= 0.6 is 23.2 Å². The molecule has 4 nitrogen and oxygen atoms in total. The van der Waals surface area contributed by atoms with Crippen molar-refractivity contribution < 1.29 is 4.79 Å². The number of benzene rings is 2. The summed E-state index contributed by atoms with van der Waals surface area (Å²) in [4.78, 5) is 18.0.